The molecule has 4 aliphatic rings. The summed E-state index contributed by atoms with van der Waals surface area (Å²) in [5.41, 5.74) is 4.57. The maximum atomic E-state index is 14.3. The minimum atomic E-state index is -0.802. The van der Waals surface area contributed by atoms with Gasteiger partial charge in [-0.2, -0.15) is 0 Å². The number of aromatic nitrogens is 1. The van der Waals surface area contributed by atoms with Gasteiger partial charge in [-0.05, 0) is 80.3 Å². The van der Waals surface area contributed by atoms with Gasteiger partial charge in [-0.3, -0.25) is 24.1 Å². The number of ether oxygens (including phenoxy) is 1. The van der Waals surface area contributed by atoms with Gasteiger partial charge < -0.3 is 14.3 Å². The summed E-state index contributed by atoms with van der Waals surface area (Å²) in [5, 5.41) is 11.3. The Kier molecular flexibility index (Phi) is 6.70. The second-order valence-corrected chi connectivity index (χ2v) is 13.2. The van der Waals surface area contributed by atoms with Crippen LogP contribution in [0.5, 0.6) is 11.5 Å². The summed E-state index contributed by atoms with van der Waals surface area (Å²) in [4.78, 5) is 61.1. The fraction of sp³-hybridized carbons (Fsp3) is 0.216. The predicted molar refractivity (Wildman–Crippen MR) is 176 cm³/mol. The van der Waals surface area contributed by atoms with Crippen molar-refractivity contribution in [1.29, 1.82) is 0 Å². The van der Waals surface area contributed by atoms with Crippen molar-refractivity contribution in [3.05, 3.63) is 105 Å². The molecular weight excluding hydrogens is 664 g/mol. The summed E-state index contributed by atoms with van der Waals surface area (Å²) in [6, 6.07) is 17.7. The monoisotopic (exact) mass is 690 g/mol. The summed E-state index contributed by atoms with van der Waals surface area (Å²) in [6.45, 7) is 1.60. The third-order valence-corrected chi connectivity index (χ3v) is 10.3. The largest absolute Gasteiger partial charge is 0.504 e. The molecule has 234 valence electrons. The van der Waals surface area contributed by atoms with Gasteiger partial charge in [0.25, 0.3) is 0 Å². The van der Waals surface area contributed by atoms with Crippen molar-refractivity contribution in [1.82, 2.24) is 4.98 Å². The lowest BCUT2D eigenvalue weighted by Gasteiger charge is -2.42. The Bertz CT molecular complexity index is 2140. The molecule has 4 unspecified atom stereocenters. The molecule has 0 saturated carbocycles. The minimum Gasteiger partial charge on any atom is -0.504 e. The third-order valence-electron chi connectivity index (χ3n) is 9.83. The van der Waals surface area contributed by atoms with E-state index in [9.17, 15) is 24.3 Å². The summed E-state index contributed by atoms with van der Waals surface area (Å²) in [5.74, 6) is -3.48. The Labute approximate surface area is 277 Å². The van der Waals surface area contributed by atoms with Crippen LogP contribution in [0.1, 0.15) is 31.2 Å². The lowest BCUT2D eigenvalue weighted by atomic mass is 9.59. The van der Waals surface area contributed by atoms with E-state index >= 15 is 0 Å². The number of allylic oxidation sites excluding steroid dienone is 6. The van der Waals surface area contributed by atoms with Gasteiger partial charge in [-0.25, -0.2) is 4.98 Å². The molecule has 0 radical (unpaired) electrons. The predicted octanol–water partition coefficient (Wildman–Crippen LogP) is 6.61. The maximum Gasteiger partial charge on any atom is 0.238 e. The summed E-state index contributed by atoms with van der Waals surface area (Å²) < 4.78 is 11.9. The first kappa shape index (κ1) is 29.3. The highest BCUT2D eigenvalue weighted by molar-refractivity contribution is 9.10. The van der Waals surface area contributed by atoms with Crippen molar-refractivity contribution in [3.63, 3.8) is 0 Å². The third kappa shape index (κ3) is 4.38. The Balaban J connectivity index is 1.18. The highest BCUT2D eigenvalue weighted by Gasteiger charge is 2.57. The number of carbonyl (C=O) groups is 4. The molecule has 1 aliphatic heterocycles. The van der Waals surface area contributed by atoms with Gasteiger partial charge in [0.2, 0.25) is 17.7 Å². The zero-order valence-electron chi connectivity index (χ0n) is 25.3. The number of carbonyl (C=O) groups excluding carboxylic acids is 4. The van der Waals surface area contributed by atoms with Gasteiger partial charge in [-0.1, -0.05) is 39.7 Å². The molecular formula is C37H27BrN2O7. The van der Waals surface area contributed by atoms with Crippen molar-refractivity contribution in [2.45, 2.75) is 25.7 Å². The number of Topliss-reactive ketones (excluding diaryl/α,β-unsaturated/α-hetero) is 1. The Morgan fingerprint density at radius 2 is 1.77 bits per heavy atom. The van der Waals surface area contributed by atoms with Crippen LogP contribution in [0.3, 0.4) is 0 Å². The number of phenols is 1. The first-order valence-electron chi connectivity index (χ1n) is 15.3. The number of hydrogen-bond acceptors (Lipinski definition) is 8. The van der Waals surface area contributed by atoms with E-state index in [4.69, 9.17) is 9.15 Å². The highest BCUT2D eigenvalue weighted by atomic mass is 79.9. The molecule has 4 aromatic rings. The van der Waals surface area contributed by atoms with E-state index in [0.717, 1.165) is 11.1 Å². The summed E-state index contributed by atoms with van der Waals surface area (Å²) in [6.07, 6.45) is 3.67. The number of oxazole rings is 1. The van der Waals surface area contributed by atoms with Gasteiger partial charge in [-0.15, -0.1) is 0 Å². The lowest BCUT2D eigenvalue weighted by Crippen LogP contribution is -2.39. The molecule has 3 aliphatic carbocycles. The number of nitrogens with zero attached hydrogens (tertiary/aromatic N) is 2. The molecule has 2 heterocycles. The van der Waals surface area contributed by atoms with E-state index < -0.39 is 23.7 Å². The van der Waals surface area contributed by atoms with Crippen molar-refractivity contribution in [2.75, 3.05) is 12.0 Å². The molecule has 1 saturated heterocycles. The van der Waals surface area contributed by atoms with Crippen LogP contribution in [0.15, 0.2) is 104 Å². The van der Waals surface area contributed by atoms with Gasteiger partial charge in [0, 0.05) is 38.2 Å². The van der Waals surface area contributed by atoms with Crippen LogP contribution in [-0.2, 0) is 19.2 Å². The summed E-state index contributed by atoms with van der Waals surface area (Å²) >= 11 is 3.49. The fourth-order valence-corrected chi connectivity index (χ4v) is 8.14. The molecule has 47 heavy (non-hydrogen) atoms. The van der Waals surface area contributed by atoms with Crippen LogP contribution in [-0.4, -0.2) is 40.6 Å². The van der Waals surface area contributed by atoms with E-state index in [-0.39, 0.29) is 47.7 Å². The molecule has 8 rings (SSSR count). The average Bonchev–Trinajstić information content (AvgIpc) is 3.62. The van der Waals surface area contributed by atoms with E-state index in [1.54, 1.807) is 43.3 Å². The minimum absolute atomic E-state index is 0.141. The quantitative estimate of drug-likeness (QED) is 0.144. The zero-order chi connectivity index (χ0) is 32.7. The van der Waals surface area contributed by atoms with E-state index in [0.29, 0.717) is 49.5 Å². The van der Waals surface area contributed by atoms with E-state index in [2.05, 4.69) is 20.9 Å². The van der Waals surface area contributed by atoms with Crippen molar-refractivity contribution < 1.29 is 33.4 Å². The number of para-hydroxylation sites is 2. The van der Waals surface area contributed by atoms with E-state index in [1.807, 2.05) is 30.3 Å². The first-order valence-corrected chi connectivity index (χ1v) is 16.1. The van der Waals surface area contributed by atoms with Gasteiger partial charge in [0.05, 0.1) is 24.6 Å². The second-order valence-electron chi connectivity index (χ2n) is 12.3. The molecule has 4 atom stereocenters. The molecule has 9 nitrogen and oxygen atoms in total. The Morgan fingerprint density at radius 3 is 2.51 bits per heavy atom. The van der Waals surface area contributed by atoms with Gasteiger partial charge in [0.15, 0.2) is 28.6 Å². The van der Waals surface area contributed by atoms with Crippen LogP contribution in [0.4, 0.5) is 5.69 Å². The zero-order valence-corrected chi connectivity index (χ0v) is 26.9. The molecule has 1 N–H and O–H groups in total. The number of aromatic hydroxyl groups is 1. The molecule has 3 aromatic carbocycles. The Morgan fingerprint density at radius 1 is 1.00 bits per heavy atom. The van der Waals surface area contributed by atoms with Gasteiger partial charge in [0.1, 0.15) is 5.52 Å². The number of rotatable bonds is 4. The number of imide groups is 1. The number of hydrogen-bond donors (Lipinski definition) is 1. The SMILES string of the molecule is COc1cc(Br)cc(C2C3=CCC4C(=O)N(c5ccc(-c6nc7ccccc7o6)cc5)C(=O)C4C3CC3=C2C(=O)C(C)=CC3=O)c1O. The second kappa shape index (κ2) is 10.7. The summed E-state index contributed by atoms with van der Waals surface area (Å²) in [7, 11) is 1.43. The fourth-order valence-electron chi connectivity index (χ4n) is 7.69. The van der Waals surface area contributed by atoms with E-state index in [1.165, 1.54) is 18.1 Å². The number of phenolic OH excluding ortho intramolecular Hbond substituents is 1. The van der Waals surface area contributed by atoms with Crippen LogP contribution >= 0.6 is 15.9 Å². The van der Waals surface area contributed by atoms with Crippen LogP contribution in [0.2, 0.25) is 0 Å². The first-order chi connectivity index (χ1) is 22.7. The molecule has 0 spiro atoms. The normalized spacial score (nSPS) is 23.9. The standard InChI is InChI=1S/C37H27BrN2O7/c1-17-13-27(41)24-16-23-21(30(32(24)33(17)42)25-14-19(38)15-29(46-2)34(25)43)11-12-22-31(23)37(45)40(36(22)44)20-9-7-18(8-10-20)35-39-26-5-3-4-6-28(26)47-35/h3-11,13-15,22-23,30-31,43H,12,16H2,1-2H3. The number of ketones is 2. The highest BCUT2D eigenvalue weighted by Crippen LogP contribution is 2.57. The molecule has 2 amide bonds. The van der Waals surface area contributed by atoms with Crippen molar-refractivity contribution >= 4 is 56.1 Å². The average molecular weight is 692 g/mol. The number of methoxy groups -OCH3 is 1. The van der Waals surface area contributed by atoms with Crippen LogP contribution < -0.4 is 9.64 Å². The molecule has 1 aromatic heterocycles. The number of fused-ring (bicyclic) bond motifs is 4. The topological polar surface area (TPSA) is 127 Å². The molecule has 10 heteroatoms. The Hall–Kier alpha value is -5.09. The number of halogens is 1. The van der Waals surface area contributed by atoms with Crippen molar-refractivity contribution in [3.8, 4) is 23.0 Å². The number of anilines is 1. The lowest BCUT2D eigenvalue weighted by molar-refractivity contribution is -0.123. The molecule has 0 bridgehead atoms. The van der Waals surface area contributed by atoms with Crippen molar-refractivity contribution in [2.24, 2.45) is 17.8 Å². The molecule has 1 fully saturated rings. The van der Waals surface area contributed by atoms with Crippen LogP contribution in [0.25, 0.3) is 22.6 Å². The van der Waals surface area contributed by atoms with Gasteiger partial charge >= 0.3 is 0 Å². The number of benzene rings is 3. The smallest absolute Gasteiger partial charge is 0.238 e. The van der Waals surface area contributed by atoms with Crippen LogP contribution in [0, 0.1) is 17.8 Å². The maximum absolute atomic E-state index is 14.3. The number of amides is 2.